The summed E-state index contributed by atoms with van der Waals surface area (Å²) in [5, 5.41) is 17.3. The molecule has 3 saturated heterocycles. The van der Waals surface area contributed by atoms with Crippen molar-refractivity contribution in [3.63, 3.8) is 0 Å². The van der Waals surface area contributed by atoms with Gasteiger partial charge in [0.15, 0.2) is 6.35 Å². The first kappa shape index (κ1) is 29.4. The molecule has 4 aliphatic heterocycles. The van der Waals surface area contributed by atoms with Gasteiger partial charge in [0, 0.05) is 47.3 Å². The first-order valence-electron chi connectivity index (χ1n) is 15.2. The third-order valence-electron chi connectivity index (χ3n) is 10.2. The fourth-order valence-corrected chi connectivity index (χ4v) is 9.88. The van der Waals surface area contributed by atoms with Crippen molar-refractivity contribution in [2.24, 2.45) is 5.92 Å². The Kier molecular flexibility index (Phi) is 9.00. The number of rotatable bonds is 6. The van der Waals surface area contributed by atoms with Crippen LogP contribution >= 0.6 is 23.4 Å². The number of nitrogens with zero attached hydrogens (tertiary/aromatic N) is 4. The monoisotopic (exact) mass is 598 g/mol. The molecule has 0 aromatic heterocycles. The molecule has 4 fully saturated rings. The van der Waals surface area contributed by atoms with Gasteiger partial charge in [-0.25, -0.2) is 0 Å². The number of benzene rings is 1. The Morgan fingerprint density at radius 2 is 2.12 bits per heavy atom. The number of thioether (sulfide) groups is 1. The van der Waals surface area contributed by atoms with E-state index >= 15 is 0 Å². The molecule has 10 heteroatoms. The highest BCUT2D eigenvalue weighted by atomic mass is 35.5. The Bertz CT molecular complexity index is 1170. The zero-order chi connectivity index (χ0) is 28.6. The minimum atomic E-state index is -0.262. The summed E-state index contributed by atoms with van der Waals surface area (Å²) in [7, 11) is 2.19. The molecule has 8 atom stereocenters. The number of nitriles is 1. The molecule has 7 unspecified atom stereocenters. The van der Waals surface area contributed by atoms with Gasteiger partial charge in [-0.2, -0.15) is 5.26 Å². The van der Waals surface area contributed by atoms with E-state index in [0.29, 0.717) is 38.1 Å². The molecule has 1 saturated carbocycles. The fraction of sp³-hybridized carbons (Fsp3) is 0.677. The lowest BCUT2D eigenvalue weighted by Crippen LogP contribution is -2.73. The smallest absolute Gasteiger partial charge is 0.246 e. The first-order valence-corrected chi connectivity index (χ1v) is 16.4. The van der Waals surface area contributed by atoms with E-state index < -0.39 is 0 Å². The van der Waals surface area contributed by atoms with Gasteiger partial charge in [-0.15, -0.1) is 23.4 Å². The van der Waals surface area contributed by atoms with Crippen LogP contribution in [0.3, 0.4) is 0 Å². The number of likely N-dealkylation sites (tertiary alicyclic amines) is 1. The van der Waals surface area contributed by atoms with Crippen LogP contribution in [0.25, 0.3) is 0 Å². The summed E-state index contributed by atoms with van der Waals surface area (Å²) >= 11 is 9.21. The Morgan fingerprint density at radius 3 is 2.90 bits per heavy atom. The van der Waals surface area contributed by atoms with E-state index in [9.17, 15) is 10.1 Å². The summed E-state index contributed by atoms with van der Waals surface area (Å²) < 4.78 is 6.54. The second-order valence-corrected chi connectivity index (χ2v) is 14.5. The van der Waals surface area contributed by atoms with Crippen molar-refractivity contribution in [1.29, 1.82) is 5.26 Å². The van der Waals surface area contributed by atoms with Gasteiger partial charge in [0.2, 0.25) is 5.91 Å². The molecule has 41 heavy (non-hydrogen) atoms. The van der Waals surface area contributed by atoms with Gasteiger partial charge in [0.05, 0.1) is 36.7 Å². The number of carbonyl (C=O) groups excluding carboxylic acids is 1. The Morgan fingerprint density at radius 1 is 1.27 bits per heavy atom. The SMILES string of the molecule is C=CC(=O)N1CCN(C2NC(OCC3CCCN3C)NC3C[C@@]4(CCC32)Sc2ccccc2CC4Cl)CC1CC#N. The highest BCUT2D eigenvalue weighted by Gasteiger charge is 2.53. The van der Waals surface area contributed by atoms with Crippen LogP contribution in [-0.2, 0) is 16.0 Å². The zero-order valence-corrected chi connectivity index (χ0v) is 25.6. The standard InChI is InChI=1S/C31H43ClN6O2S/c1-3-28(39)38-16-15-37(19-22(38)11-13-33)29-24-10-12-31(27(32)17-21-7-4-5-9-26(21)41-31)18-25(24)34-30(35-29)40-20-23-8-6-14-36(23)2/h3-5,7,9,22-25,27,29-30,34-35H,1,6,8,10-12,14-20H2,2H3/t22?,23?,24?,25?,27?,29?,30?,31-/m1/s1. The third-order valence-corrected chi connectivity index (χ3v) is 12.5. The minimum absolute atomic E-state index is 0.0133. The number of hydrogen-bond acceptors (Lipinski definition) is 8. The maximum absolute atomic E-state index is 12.6. The van der Waals surface area contributed by atoms with Gasteiger partial charge in [-0.05, 0) is 69.8 Å². The van der Waals surface area contributed by atoms with Crippen molar-refractivity contribution in [2.75, 3.05) is 39.8 Å². The van der Waals surface area contributed by atoms with E-state index in [0.717, 1.165) is 38.8 Å². The lowest BCUT2D eigenvalue weighted by molar-refractivity contribution is -0.135. The lowest BCUT2D eigenvalue weighted by Gasteiger charge is -2.56. The van der Waals surface area contributed by atoms with Crippen LogP contribution in [0.2, 0.25) is 0 Å². The number of halogens is 1. The van der Waals surface area contributed by atoms with Crippen molar-refractivity contribution >= 4 is 29.3 Å². The highest BCUT2D eigenvalue weighted by molar-refractivity contribution is 8.01. The lowest BCUT2D eigenvalue weighted by atomic mass is 9.72. The van der Waals surface area contributed by atoms with Gasteiger partial charge in [-0.3, -0.25) is 20.3 Å². The summed E-state index contributed by atoms with van der Waals surface area (Å²) in [6.45, 7) is 7.51. The van der Waals surface area contributed by atoms with Crippen molar-refractivity contribution < 1.29 is 9.53 Å². The molecule has 4 heterocycles. The van der Waals surface area contributed by atoms with Crippen LogP contribution in [0.5, 0.6) is 0 Å². The van der Waals surface area contributed by atoms with Gasteiger partial charge < -0.3 is 14.5 Å². The van der Waals surface area contributed by atoms with Gasteiger partial charge in [0.25, 0.3) is 0 Å². The summed E-state index contributed by atoms with van der Waals surface area (Å²) in [4.78, 5) is 20.6. The summed E-state index contributed by atoms with van der Waals surface area (Å²) in [6, 6.07) is 11.6. The van der Waals surface area contributed by atoms with E-state index in [1.165, 1.54) is 29.4 Å². The number of likely N-dealkylation sites (N-methyl/N-ethyl adjacent to an activating group) is 1. The Balaban J connectivity index is 1.22. The molecule has 6 rings (SSSR count). The Hall–Kier alpha value is -1.64. The molecule has 1 aliphatic carbocycles. The number of piperazine rings is 1. The van der Waals surface area contributed by atoms with Crippen molar-refractivity contribution in [2.45, 2.75) is 90.6 Å². The largest absolute Gasteiger partial charge is 0.348 e. The number of hydrogen-bond donors (Lipinski definition) is 2. The van der Waals surface area contributed by atoms with Crippen LogP contribution in [0, 0.1) is 17.2 Å². The predicted octanol–water partition coefficient (Wildman–Crippen LogP) is 3.38. The van der Waals surface area contributed by atoms with E-state index in [1.807, 2.05) is 16.7 Å². The normalized spacial score (nSPS) is 37.8. The van der Waals surface area contributed by atoms with Gasteiger partial charge >= 0.3 is 0 Å². The van der Waals surface area contributed by atoms with Crippen molar-refractivity contribution in [3.8, 4) is 6.07 Å². The number of nitrogens with one attached hydrogen (secondary N) is 2. The van der Waals surface area contributed by atoms with Crippen molar-refractivity contribution in [1.82, 2.24) is 25.3 Å². The Labute approximate surface area is 253 Å². The molecule has 8 nitrogen and oxygen atoms in total. The van der Waals surface area contributed by atoms with E-state index in [1.54, 1.807) is 0 Å². The summed E-state index contributed by atoms with van der Waals surface area (Å²) in [6.07, 6.45) is 7.93. The topological polar surface area (TPSA) is 83.9 Å². The second-order valence-electron chi connectivity index (χ2n) is 12.5. The maximum Gasteiger partial charge on any atom is 0.246 e. The average Bonchev–Trinajstić information content (AvgIpc) is 3.40. The van der Waals surface area contributed by atoms with E-state index in [4.69, 9.17) is 16.3 Å². The quantitative estimate of drug-likeness (QED) is 0.381. The number of ether oxygens (including phenoxy) is 1. The van der Waals surface area contributed by atoms with Crippen LogP contribution in [0.15, 0.2) is 41.8 Å². The van der Waals surface area contributed by atoms with E-state index in [2.05, 4.69) is 64.4 Å². The van der Waals surface area contributed by atoms with Gasteiger partial charge in [0.1, 0.15) is 0 Å². The first-order chi connectivity index (χ1) is 19.9. The predicted molar refractivity (Wildman–Crippen MR) is 162 cm³/mol. The molecular weight excluding hydrogens is 556 g/mol. The van der Waals surface area contributed by atoms with Crippen LogP contribution in [-0.4, -0.2) is 101 Å². The molecule has 0 radical (unpaired) electrons. The third kappa shape index (κ3) is 5.95. The zero-order valence-electron chi connectivity index (χ0n) is 24.0. The molecule has 222 valence electrons. The summed E-state index contributed by atoms with van der Waals surface area (Å²) in [5.74, 6) is 0.283. The molecular formula is C31H43ClN6O2S. The number of alkyl halides is 1. The van der Waals surface area contributed by atoms with Crippen LogP contribution < -0.4 is 10.6 Å². The minimum Gasteiger partial charge on any atom is -0.348 e. The molecule has 1 aromatic rings. The molecule has 1 aromatic carbocycles. The fourth-order valence-electron chi connectivity index (χ4n) is 7.82. The molecule has 0 bridgehead atoms. The van der Waals surface area contributed by atoms with Crippen LogP contribution in [0.1, 0.15) is 44.1 Å². The molecule has 5 aliphatic rings. The highest BCUT2D eigenvalue weighted by Crippen LogP contribution is 2.54. The van der Waals surface area contributed by atoms with Gasteiger partial charge in [-0.1, -0.05) is 24.8 Å². The second kappa shape index (κ2) is 12.5. The van der Waals surface area contributed by atoms with Crippen LogP contribution in [0.4, 0.5) is 0 Å². The van der Waals surface area contributed by atoms with E-state index in [-0.39, 0.29) is 40.6 Å². The number of amides is 1. The summed E-state index contributed by atoms with van der Waals surface area (Å²) in [5.41, 5.74) is 1.36. The number of fused-ring (bicyclic) bond motifs is 2. The maximum atomic E-state index is 12.6. The molecule has 1 amide bonds. The average molecular weight is 599 g/mol. The molecule has 1 spiro atoms. The molecule has 2 N–H and O–H groups in total. The van der Waals surface area contributed by atoms with Crippen molar-refractivity contribution in [3.05, 3.63) is 42.5 Å². The number of carbonyl (C=O) groups is 1.